The first-order chi connectivity index (χ1) is 12.5. The molecule has 0 aliphatic carbocycles. The highest BCUT2D eigenvalue weighted by atomic mass is 32.2. The first-order valence-corrected chi connectivity index (χ1v) is 9.82. The third-order valence-corrected chi connectivity index (χ3v) is 5.17. The number of amides is 1. The number of benzene rings is 1. The minimum absolute atomic E-state index is 0.123. The normalized spacial score (nSPS) is 15.6. The summed E-state index contributed by atoms with van der Waals surface area (Å²) in [5, 5.41) is 0. The average Bonchev–Trinajstić information content (AvgIpc) is 2.89. The molecule has 5 nitrogen and oxygen atoms in total. The average molecular weight is 394 g/mol. The summed E-state index contributed by atoms with van der Waals surface area (Å²) in [7, 11) is 1.60. The highest BCUT2D eigenvalue weighted by molar-refractivity contribution is 8.26. The summed E-state index contributed by atoms with van der Waals surface area (Å²) in [5.41, 5.74) is 0.879. The van der Waals surface area contributed by atoms with E-state index in [1.54, 1.807) is 18.1 Å². The molecule has 0 saturated carbocycles. The fraction of sp³-hybridized carbons (Fsp3) is 0.421. The summed E-state index contributed by atoms with van der Waals surface area (Å²) < 4.78 is 10.8. The van der Waals surface area contributed by atoms with Crippen LogP contribution < -0.4 is 4.74 Å². The fourth-order valence-electron chi connectivity index (χ4n) is 2.36. The molecular weight excluding hydrogens is 370 g/mol. The molecule has 1 fully saturated rings. The second-order valence-corrected chi connectivity index (χ2v) is 7.46. The van der Waals surface area contributed by atoms with Gasteiger partial charge in [0.25, 0.3) is 5.91 Å². The van der Waals surface area contributed by atoms with Crippen molar-refractivity contribution in [2.75, 3.05) is 20.3 Å². The van der Waals surface area contributed by atoms with Crippen LogP contribution in [0.1, 0.15) is 38.2 Å². The lowest BCUT2D eigenvalue weighted by atomic mass is 10.2. The number of esters is 1. The minimum atomic E-state index is -0.226. The van der Waals surface area contributed by atoms with E-state index in [1.807, 2.05) is 31.2 Å². The van der Waals surface area contributed by atoms with E-state index >= 15 is 0 Å². The quantitative estimate of drug-likeness (QED) is 0.273. The molecule has 0 radical (unpaired) electrons. The predicted octanol–water partition coefficient (Wildman–Crippen LogP) is 4.02. The van der Waals surface area contributed by atoms with Gasteiger partial charge in [-0.3, -0.25) is 14.5 Å². The molecule has 1 aromatic rings. The number of hydrogen-bond acceptors (Lipinski definition) is 6. The minimum Gasteiger partial charge on any atom is -0.497 e. The molecular formula is C19H23NO4S2. The monoisotopic (exact) mass is 393 g/mol. The number of ether oxygens (including phenoxy) is 2. The number of rotatable bonds is 9. The molecule has 1 aliphatic heterocycles. The van der Waals surface area contributed by atoms with Gasteiger partial charge in [0, 0.05) is 13.0 Å². The van der Waals surface area contributed by atoms with Crippen LogP contribution in [0.15, 0.2) is 29.2 Å². The zero-order valence-electron chi connectivity index (χ0n) is 15.0. The van der Waals surface area contributed by atoms with E-state index in [4.69, 9.17) is 21.7 Å². The van der Waals surface area contributed by atoms with E-state index in [1.165, 1.54) is 11.8 Å². The molecule has 1 aliphatic rings. The van der Waals surface area contributed by atoms with Gasteiger partial charge in [-0.25, -0.2) is 0 Å². The molecule has 1 aromatic carbocycles. The fourth-order valence-corrected chi connectivity index (χ4v) is 3.67. The first-order valence-electron chi connectivity index (χ1n) is 8.60. The molecule has 1 saturated heterocycles. The Bertz CT molecular complexity index is 703. The number of nitrogens with zero attached hydrogens (tertiary/aromatic N) is 1. The van der Waals surface area contributed by atoms with E-state index in [0.29, 0.717) is 28.8 Å². The van der Waals surface area contributed by atoms with Crippen molar-refractivity contribution in [2.24, 2.45) is 0 Å². The van der Waals surface area contributed by atoms with Crippen LogP contribution in [-0.2, 0) is 14.3 Å². The van der Waals surface area contributed by atoms with Crippen LogP contribution >= 0.6 is 24.0 Å². The molecule has 7 heteroatoms. The van der Waals surface area contributed by atoms with E-state index < -0.39 is 0 Å². The van der Waals surface area contributed by atoms with Crippen LogP contribution in [0.3, 0.4) is 0 Å². The van der Waals surface area contributed by atoms with Gasteiger partial charge in [-0.1, -0.05) is 49.5 Å². The maximum absolute atomic E-state index is 12.6. The number of unbranched alkanes of at least 4 members (excludes halogenated alkanes) is 1. The third kappa shape index (κ3) is 5.85. The number of methoxy groups -OCH3 is 1. The number of thiocarbonyl (C=S) groups is 1. The van der Waals surface area contributed by atoms with Gasteiger partial charge < -0.3 is 9.47 Å². The van der Waals surface area contributed by atoms with Crippen molar-refractivity contribution < 1.29 is 19.1 Å². The van der Waals surface area contributed by atoms with Gasteiger partial charge in [0.15, 0.2) is 0 Å². The zero-order chi connectivity index (χ0) is 18.9. The van der Waals surface area contributed by atoms with Gasteiger partial charge in [-0.2, -0.15) is 0 Å². The van der Waals surface area contributed by atoms with Crippen LogP contribution in [-0.4, -0.2) is 41.4 Å². The van der Waals surface area contributed by atoms with Crippen LogP contribution in [0, 0.1) is 0 Å². The molecule has 0 bridgehead atoms. The Hall–Kier alpha value is -1.86. The van der Waals surface area contributed by atoms with Crippen LogP contribution in [0.25, 0.3) is 6.08 Å². The van der Waals surface area contributed by atoms with E-state index in [9.17, 15) is 9.59 Å². The number of hydrogen-bond donors (Lipinski definition) is 0. The van der Waals surface area contributed by atoms with E-state index in [2.05, 4.69) is 0 Å². The molecule has 0 aromatic heterocycles. The molecule has 2 rings (SSSR count). The Labute approximate surface area is 163 Å². The molecule has 0 spiro atoms. The van der Waals surface area contributed by atoms with Crippen LogP contribution in [0.4, 0.5) is 0 Å². The van der Waals surface area contributed by atoms with E-state index in [-0.39, 0.29) is 18.3 Å². The Morgan fingerprint density at radius 3 is 2.88 bits per heavy atom. The Balaban J connectivity index is 1.89. The van der Waals surface area contributed by atoms with Crippen molar-refractivity contribution in [3.63, 3.8) is 0 Å². The lowest BCUT2D eigenvalue weighted by Crippen LogP contribution is -2.29. The largest absolute Gasteiger partial charge is 0.497 e. The van der Waals surface area contributed by atoms with Gasteiger partial charge in [0.2, 0.25) is 0 Å². The van der Waals surface area contributed by atoms with Gasteiger partial charge in [-0.15, -0.1) is 0 Å². The van der Waals surface area contributed by atoms with Crippen LogP contribution in [0.5, 0.6) is 5.75 Å². The maximum atomic E-state index is 12.6. The molecule has 1 heterocycles. The smallest absolute Gasteiger partial charge is 0.305 e. The van der Waals surface area contributed by atoms with Crippen molar-refractivity contribution in [2.45, 2.75) is 32.6 Å². The second-order valence-electron chi connectivity index (χ2n) is 5.79. The predicted molar refractivity (Wildman–Crippen MR) is 108 cm³/mol. The second kappa shape index (κ2) is 10.3. The highest BCUT2D eigenvalue weighted by Crippen LogP contribution is 2.33. The molecule has 0 atom stereocenters. The van der Waals surface area contributed by atoms with Crippen molar-refractivity contribution in [1.29, 1.82) is 0 Å². The van der Waals surface area contributed by atoms with Gasteiger partial charge in [0.05, 0.1) is 18.6 Å². The third-order valence-electron chi connectivity index (χ3n) is 3.79. The lowest BCUT2D eigenvalue weighted by molar-refractivity contribution is -0.144. The molecule has 26 heavy (non-hydrogen) atoms. The van der Waals surface area contributed by atoms with Crippen LogP contribution in [0.2, 0.25) is 0 Å². The van der Waals surface area contributed by atoms with Crippen molar-refractivity contribution in [3.8, 4) is 5.75 Å². The summed E-state index contributed by atoms with van der Waals surface area (Å²) in [5.74, 6) is 0.383. The van der Waals surface area contributed by atoms with Crippen molar-refractivity contribution in [3.05, 3.63) is 34.7 Å². The Morgan fingerprint density at radius 1 is 1.35 bits per heavy atom. The lowest BCUT2D eigenvalue weighted by Gasteiger charge is -2.13. The summed E-state index contributed by atoms with van der Waals surface area (Å²) in [6.07, 6.45) is 4.49. The van der Waals surface area contributed by atoms with Gasteiger partial charge >= 0.3 is 5.97 Å². The SMILES string of the molecule is CCCCOC(=O)CCCN1C(=O)C(=Cc2cccc(OC)c2)SC1=S. The Morgan fingerprint density at radius 2 is 2.15 bits per heavy atom. The molecule has 1 amide bonds. The summed E-state index contributed by atoms with van der Waals surface area (Å²) in [6.45, 7) is 2.92. The highest BCUT2D eigenvalue weighted by Gasteiger charge is 2.31. The van der Waals surface area contributed by atoms with E-state index in [0.717, 1.165) is 24.2 Å². The number of carbonyl (C=O) groups excluding carboxylic acids is 2. The van der Waals surface area contributed by atoms with Crippen molar-refractivity contribution >= 4 is 46.3 Å². The molecule has 140 valence electrons. The standard InChI is InChI=1S/C19H23NO4S2/c1-3-4-11-24-17(21)9-6-10-20-18(22)16(26-19(20)25)13-14-7-5-8-15(12-14)23-2/h5,7-8,12-13H,3-4,6,9-11H2,1-2H3. The number of carbonyl (C=O) groups is 2. The topological polar surface area (TPSA) is 55.8 Å². The summed E-state index contributed by atoms with van der Waals surface area (Å²) in [6, 6.07) is 7.48. The molecule has 0 N–H and O–H groups in total. The molecule has 0 unspecified atom stereocenters. The van der Waals surface area contributed by atoms with Gasteiger partial charge in [0.1, 0.15) is 10.1 Å². The summed E-state index contributed by atoms with van der Waals surface area (Å²) >= 11 is 6.59. The van der Waals surface area contributed by atoms with Crippen molar-refractivity contribution in [1.82, 2.24) is 4.90 Å². The maximum Gasteiger partial charge on any atom is 0.305 e. The first kappa shape index (κ1) is 20.5. The Kier molecular flexibility index (Phi) is 8.12. The summed E-state index contributed by atoms with van der Waals surface area (Å²) in [4.78, 5) is 26.3. The van der Waals surface area contributed by atoms with Gasteiger partial charge in [-0.05, 0) is 36.6 Å². The number of thioether (sulfide) groups is 1. The zero-order valence-corrected chi connectivity index (χ0v) is 16.7.